The molecule has 1 fully saturated rings. The van der Waals surface area contributed by atoms with Crippen LogP contribution in [0.3, 0.4) is 0 Å². The topological polar surface area (TPSA) is 37.4 Å². The molecule has 0 aliphatic carbocycles. The third-order valence-electron chi connectivity index (χ3n) is 5.39. The van der Waals surface area contributed by atoms with Gasteiger partial charge in [-0.15, -0.1) is 0 Å². The lowest BCUT2D eigenvalue weighted by molar-refractivity contribution is -0.150. The number of hydrogen-bond donors (Lipinski definition) is 0. The van der Waals surface area contributed by atoms with Crippen molar-refractivity contribution in [3.05, 3.63) is 60.2 Å². The maximum absolute atomic E-state index is 12.8. The molecule has 1 aliphatic rings. The molecule has 0 bridgehead atoms. The first-order valence-electron chi connectivity index (χ1n) is 9.78. The van der Waals surface area contributed by atoms with E-state index < -0.39 is 5.41 Å². The van der Waals surface area contributed by atoms with Crippen LogP contribution in [0.25, 0.3) is 11.1 Å². The maximum Gasteiger partial charge on any atom is 0.234 e. The number of rotatable bonds is 4. The van der Waals surface area contributed by atoms with Gasteiger partial charge >= 0.3 is 0 Å². The van der Waals surface area contributed by atoms with Crippen LogP contribution in [0.5, 0.6) is 0 Å². The van der Waals surface area contributed by atoms with E-state index in [4.69, 9.17) is 0 Å². The lowest BCUT2D eigenvalue weighted by Crippen LogP contribution is -2.47. The van der Waals surface area contributed by atoms with Crippen LogP contribution >= 0.6 is 0 Å². The zero-order chi connectivity index (χ0) is 19.6. The van der Waals surface area contributed by atoms with E-state index in [0.717, 1.165) is 12.8 Å². The van der Waals surface area contributed by atoms with Gasteiger partial charge in [-0.05, 0) is 35.4 Å². The highest BCUT2D eigenvalue weighted by Crippen LogP contribution is 2.32. The minimum absolute atomic E-state index is 0.00183. The molecule has 2 aromatic carbocycles. The zero-order valence-corrected chi connectivity index (χ0v) is 16.7. The van der Waals surface area contributed by atoms with E-state index in [1.807, 2.05) is 39.0 Å². The number of carbonyl (C=O) groups excluding carboxylic acids is 2. The smallest absolute Gasteiger partial charge is 0.234 e. The zero-order valence-electron chi connectivity index (χ0n) is 16.7. The second-order valence-electron chi connectivity index (χ2n) is 8.67. The van der Waals surface area contributed by atoms with Crippen LogP contribution in [0.2, 0.25) is 0 Å². The summed E-state index contributed by atoms with van der Waals surface area (Å²) in [4.78, 5) is 26.6. The summed E-state index contributed by atoms with van der Waals surface area (Å²) in [7, 11) is 0. The van der Waals surface area contributed by atoms with Crippen molar-refractivity contribution in [1.29, 1.82) is 0 Å². The lowest BCUT2D eigenvalue weighted by Gasteiger charge is -2.32. The van der Waals surface area contributed by atoms with Gasteiger partial charge in [-0.2, -0.15) is 0 Å². The van der Waals surface area contributed by atoms with E-state index in [9.17, 15) is 9.59 Å². The molecular formula is C24H29NO2. The predicted octanol–water partition coefficient (Wildman–Crippen LogP) is 5.10. The fraction of sp³-hybridized carbons (Fsp3) is 0.417. The lowest BCUT2D eigenvalue weighted by atomic mass is 9.89. The molecule has 3 heteroatoms. The van der Waals surface area contributed by atoms with Gasteiger partial charge in [0.25, 0.3) is 0 Å². The van der Waals surface area contributed by atoms with Crippen molar-refractivity contribution < 1.29 is 9.59 Å². The van der Waals surface area contributed by atoms with Crippen molar-refractivity contribution >= 4 is 11.8 Å². The molecule has 0 N–H and O–H groups in total. The van der Waals surface area contributed by atoms with E-state index in [1.165, 1.54) is 16.7 Å². The van der Waals surface area contributed by atoms with Crippen LogP contribution in [0.1, 0.15) is 46.1 Å². The molecular weight excluding hydrogens is 334 g/mol. The number of carbonyl (C=O) groups is 2. The summed E-state index contributed by atoms with van der Waals surface area (Å²) in [6.07, 6.45) is 2.11. The summed E-state index contributed by atoms with van der Waals surface area (Å²) >= 11 is 0. The van der Waals surface area contributed by atoms with E-state index in [1.54, 1.807) is 4.90 Å². The first kappa shape index (κ1) is 19.3. The standard InChI is InChI=1S/C24H29NO2/c1-17(21-14-15-22(26)25(21)23(27)24(2,3)4)16-18-10-12-20(13-11-18)19-8-6-5-7-9-19/h5-13,17,21H,14-16H2,1-4H3. The Balaban J connectivity index is 1.72. The van der Waals surface area contributed by atoms with Crippen LogP contribution in [0, 0.1) is 11.3 Å². The molecule has 1 aliphatic heterocycles. The van der Waals surface area contributed by atoms with Crippen LogP contribution < -0.4 is 0 Å². The van der Waals surface area contributed by atoms with E-state index in [-0.39, 0.29) is 23.8 Å². The molecule has 2 unspecified atom stereocenters. The average molecular weight is 364 g/mol. The van der Waals surface area contributed by atoms with E-state index >= 15 is 0 Å². The Morgan fingerprint density at radius 1 is 1.04 bits per heavy atom. The Morgan fingerprint density at radius 2 is 1.63 bits per heavy atom. The van der Waals surface area contributed by atoms with Gasteiger partial charge in [0.2, 0.25) is 11.8 Å². The first-order chi connectivity index (χ1) is 12.8. The molecule has 0 saturated carbocycles. The predicted molar refractivity (Wildman–Crippen MR) is 109 cm³/mol. The SMILES string of the molecule is CC(Cc1ccc(-c2ccccc2)cc1)C1CCC(=O)N1C(=O)C(C)(C)C. The highest BCUT2D eigenvalue weighted by Gasteiger charge is 2.42. The number of amides is 2. The minimum atomic E-state index is -0.532. The van der Waals surface area contributed by atoms with Crippen molar-refractivity contribution in [2.24, 2.45) is 11.3 Å². The van der Waals surface area contributed by atoms with Crippen LogP contribution in [-0.2, 0) is 16.0 Å². The van der Waals surface area contributed by atoms with Crippen molar-refractivity contribution in [1.82, 2.24) is 4.90 Å². The fourth-order valence-corrected chi connectivity index (χ4v) is 3.84. The quantitative estimate of drug-likeness (QED) is 0.758. The number of hydrogen-bond acceptors (Lipinski definition) is 2. The van der Waals surface area contributed by atoms with Crippen LogP contribution in [0.15, 0.2) is 54.6 Å². The Kier molecular flexibility index (Phi) is 5.50. The highest BCUT2D eigenvalue weighted by molar-refractivity contribution is 5.99. The van der Waals surface area contributed by atoms with Gasteiger partial charge in [0.15, 0.2) is 0 Å². The Hall–Kier alpha value is -2.42. The largest absolute Gasteiger partial charge is 0.279 e. The molecule has 2 amide bonds. The molecule has 0 aromatic heterocycles. The summed E-state index contributed by atoms with van der Waals surface area (Å²) < 4.78 is 0. The van der Waals surface area contributed by atoms with Gasteiger partial charge in [-0.25, -0.2) is 0 Å². The molecule has 0 radical (unpaired) electrons. The number of likely N-dealkylation sites (tertiary alicyclic amines) is 1. The van der Waals surface area contributed by atoms with Gasteiger partial charge < -0.3 is 0 Å². The number of nitrogens with zero attached hydrogens (tertiary/aromatic N) is 1. The third kappa shape index (κ3) is 4.29. The van der Waals surface area contributed by atoms with Gasteiger partial charge in [-0.1, -0.05) is 82.3 Å². The van der Waals surface area contributed by atoms with Crippen molar-refractivity contribution in [2.75, 3.05) is 0 Å². The van der Waals surface area contributed by atoms with Crippen LogP contribution in [0.4, 0.5) is 0 Å². The molecule has 1 saturated heterocycles. The molecule has 3 nitrogen and oxygen atoms in total. The van der Waals surface area contributed by atoms with E-state index in [0.29, 0.717) is 6.42 Å². The average Bonchev–Trinajstić information content (AvgIpc) is 3.03. The second kappa shape index (κ2) is 7.67. The Labute approximate surface area is 162 Å². The van der Waals surface area contributed by atoms with Gasteiger partial charge in [0.05, 0.1) is 0 Å². The summed E-state index contributed by atoms with van der Waals surface area (Å²) in [5.74, 6) is 0.165. The normalized spacial score (nSPS) is 18.6. The molecule has 2 atom stereocenters. The monoisotopic (exact) mass is 363 g/mol. The number of imide groups is 1. The first-order valence-corrected chi connectivity index (χ1v) is 9.78. The molecule has 142 valence electrons. The molecule has 1 heterocycles. The summed E-state index contributed by atoms with van der Waals surface area (Å²) in [6.45, 7) is 7.79. The van der Waals surface area contributed by atoms with Gasteiger partial charge in [-0.3, -0.25) is 14.5 Å². The Morgan fingerprint density at radius 3 is 2.22 bits per heavy atom. The van der Waals surface area contributed by atoms with Crippen LogP contribution in [-0.4, -0.2) is 22.8 Å². The third-order valence-corrected chi connectivity index (χ3v) is 5.39. The highest BCUT2D eigenvalue weighted by atomic mass is 16.2. The Bertz CT molecular complexity index is 803. The van der Waals surface area contributed by atoms with Crippen molar-refractivity contribution in [3.63, 3.8) is 0 Å². The summed E-state index contributed by atoms with van der Waals surface area (Å²) in [6, 6.07) is 18.9. The van der Waals surface area contributed by atoms with Gasteiger partial charge in [0, 0.05) is 17.9 Å². The fourth-order valence-electron chi connectivity index (χ4n) is 3.84. The van der Waals surface area contributed by atoms with E-state index in [2.05, 4.69) is 43.3 Å². The summed E-state index contributed by atoms with van der Waals surface area (Å²) in [5.41, 5.74) is 3.12. The molecule has 27 heavy (non-hydrogen) atoms. The summed E-state index contributed by atoms with van der Waals surface area (Å²) in [5, 5.41) is 0. The van der Waals surface area contributed by atoms with Gasteiger partial charge in [0.1, 0.15) is 0 Å². The molecule has 3 rings (SSSR count). The number of benzene rings is 2. The maximum atomic E-state index is 12.8. The second-order valence-corrected chi connectivity index (χ2v) is 8.67. The molecule has 2 aromatic rings. The molecule has 0 spiro atoms. The van der Waals surface area contributed by atoms with Crippen molar-refractivity contribution in [2.45, 2.75) is 53.0 Å². The minimum Gasteiger partial charge on any atom is -0.279 e. The van der Waals surface area contributed by atoms with Crippen molar-refractivity contribution in [3.8, 4) is 11.1 Å².